The van der Waals surface area contributed by atoms with Crippen LogP contribution >= 0.6 is 0 Å². The predicted octanol–water partition coefficient (Wildman–Crippen LogP) is 2.27. The van der Waals surface area contributed by atoms with Crippen LogP contribution in [-0.2, 0) is 0 Å². The topological polar surface area (TPSA) is 91.0 Å². The number of hydrogen-bond donors (Lipinski definition) is 2. The van der Waals surface area contributed by atoms with E-state index in [2.05, 4.69) is 25.2 Å². The van der Waals surface area contributed by atoms with Crippen molar-refractivity contribution in [1.29, 1.82) is 0 Å². The number of aryl methyl sites for hydroxylation is 1. The first-order chi connectivity index (χ1) is 12.5. The third-order valence-corrected chi connectivity index (χ3v) is 4.92. The van der Waals surface area contributed by atoms with E-state index in [0.29, 0.717) is 23.7 Å². The summed E-state index contributed by atoms with van der Waals surface area (Å²) in [4.78, 5) is 38.1. The molecule has 138 valence electrons. The SMILES string of the molecule is CC(=O)c1[nH]c(C)c(C(=O)NCC2CCCN(c3ncccn3)C2)c1C. The lowest BCUT2D eigenvalue weighted by Gasteiger charge is -2.32. The molecule has 3 rings (SSSR count). The highest BCUT2D eigenvalue weighted by molar-refractivity contribution is 6.02. The lowest BCUT2D eigenvalue weighted by Crippen LogP contribution is -2.41. The van der Waals surface area contributed by atoms with Gasteiger partial charge in [0.15, 0.2) is 5.78 Å². The van der Waals surface area contributed by atoms with E-state index in [1.165, 1.54) is 6.92 Å². The highest BCUT2D eigenvalue weighted by Crippen LogP contribution is 2.21. The van der Waals surface area contributed by atoms with Crippen LogP contribution < -0.4 is 10.2 Å². The molecule has 0 radical (unpaired) electrons. The molecule has 1 amide bonds. The largest absolute Gasteiger partial charge is 0.355 e. The molecule has 7 heteroatoms. The minimum atomic E-state index is -0.128. The van der Waals surface area contributed by atoms with E-state index in [9.17, 15) is 9.59 Å². The van der Waals surface area contributed by atoms with Crippen molar-refractivity contribution in [3.63, 3.8) is 0 Å². The van der Waals surface area contributed by atoms with E-state index in [4.69, 9.17) is 0 Å². The summed E-state index contributed by atoms with van der Waals surface area (Å²) in [6.45, 7) is 7.50. The third kappa shape index (κ3) is 3.76. The molecule has 0 aliphatic carbocycles. The van der Waals surface area contributed by atoms with Gasteiger partial charge in [0.05, 0.1) is 11.3 Å². The van der Waals surface area contributed by atoms with Crippen molar-refractivity contribution in [1.82, 2.24) is 20.3 Å². The van der Waals surface area contributed by atoms with Gasteiger partial charge in [-0.05, 0) is 44.2 Å². The van der Waals surface area contributed by atoms with Crippen molar-refractivity contribution in [2.24, 2.45) is 5.92 Å². The monoisotopic (exact) mass is 355 g/mol. The Labute approximate surface area is 153 Å². The van der Waals surface area contributed by atoms with E-state index in [1.54, 1.807) is 12.4 Å². The molecule has 0 aromatic carbocycles. The highest BCUT2D eigenvalue weighted by atomic mass is 16.1. The fourth-order valence-electron chi connectivity index (χ4n) is 3.64. The second kappa shape index (κ2) is 7.68. The summed E-state index contributed by atoms with van der Waals surface area (Å²) in [7, 11) is 0. The van der Waals surface area contributed by atoms with Gasteiger partial charge in [-0.2, -0.15) is 0 Å². The minimum Gasteiger partial charge on any atom is -0.355 e. The van der Waals surface area contributed by atoms with Gasteiger partial charge in [0.1, 0.15) is 0 Å². The van der Waals surface area contributed by atoms with Gasteiger partial charge in [-0.25, -0.2) is 9.97 Å². The number of hydrogen-bond acceptors (Lipinski definition) is 5. The first-order valence-electron chi connectivity index (χ1n) is 8.97. The maximum absolute atomic E-state index is 12.6. The van der Waals surface area contributed by atoms with Crippen LogP contribution in [0.15, 0.2) is 18.5 Å². The average molecular weight is 355 g/mol. The summed E-state index contributed by atoms with van der Waals surface area (Å²) in [5, 5.41) is 3.04. The molecule has 1 fully saturated rings. The molecule has 7 nitrogen and oxygen atoms in total. The zero-order valence-corrected chi connectivity index (χ0v) is 15.5. The second-order valence-electron chi connectivity index (χ2n) is 6.89. The molecule has 2 N–H and O–H groups in total. The number of amides is 1. The first kappa shape index (κ1) is 18.1. The summed E-state index contributed by atoms with van der Waals surface area (Å²) >= 11 is 0. The fraction of sp³-hybridized carbons (Fsp3) is 0.474. The summed E-state index contributed by atoms with van der Waals surface area (Å²) < 4.78 is 0. The van der Waals surface area contributed by atoms with E-state index >= 15 is 0 Å². The van der Waals surface area contributed by atoms with Crippen LogP contribution in [-0.4, -0.2) is 46.3 Å². The number of carbonyl (C=O) groups is 2. The molecule has 1 aliphatic rings. The number of carbonyl (C=O) groups excluding carboxylic acids is 2. The molecule has 0 bridgehead atoms. The van der Waals surface area contributed by atoms with Crippen LogP contribution in [0.5, 0.6) is 0 Å². The van der Waals surface area contributed by atoms with Gasteiger partial charge in [0.2, 0.25) is 5.95 Å². The van der Waals surface area contributed by atoms with Crippen LogP contribution in [0.25, 0.3) is 0 Å². The van der Waals surface area contributed by atoms with E-state index in [0.717, 1.165) is 43.1 Å². The molecule has 2 aromatic heterocycles. The summed E-state index contributed by atoms with van der Waals surface area (Å²) in [5.74, 6) is 0.905. The Morgan fingerprint density at radius 1 is 1.31 bits per heavy atom. The Kier molecular flexibility index (Phi) is 5.35. The van der Waals surface area contributed by atoms with E-state index < -0.39 is 0 Å². The predicted molar refractivity (Wildman–Crippen MR) is 99.6 cm³/mol. The number of nitrogens with zero attached hydrogens (tertiary/aromatic N) is 3. The van der Waals surface area contributed by atoms with Crippen molar-refractivity contribution in [2.75, 3.05) is 24.5 Å². The molecule has 0 saturated carbocycles. The Hall–Kier alpha value is -2.70. The Bertz CT molecular complexity index is 800. The smallest absolute Gasteiger partial charge is 0.253 e. The third-order valence-electron chi connectivity index (χ3n) is 4.92. The van der Waals surface area contributed by atoms with Crippen LogP contribution in [0.2, 0.25) is 0 Å². The van der Waals surface area contributed by atoms with Gasteiger partial charge < -0.3 is 15.2 Å². The molecule has 1 unspecified atom stereocenters. The molecule has 2 aromatic rings. The number of aromatic nitrogens is 3. The second-order valence-corrected chi connectivity index (χ2v) is 6.89. The Morgan fingerprint density at radius 2 is 2.04 bits per heavy atom. The minimum absolute atomic E-state index is 0.0598. The van der Waals surface area contributed by atoms with Crippen LogP contribution in [0.3, 0.4) is 0 Å². The number of H-pyrrole nitrogens is 1. The molecule has 3 heterocycles. The molecule has 26 heavy (non-hydrogen) atoms. The number of nitrogens with one attached hydrogen (secondary N) is 2. The fourth-order valence-corrected chi connectivity index (χ4v) is 3.64. The summed E-state index contributed by atoms with van der Waals surface area (Å²) in [5.41, 5.74) is 2.54. The summed E-state index contributed by atoms with van der Waals surface area (Å²) in [6.07, 6.45) is 5.61. The average Bonchev–Trinajstić information content (AvgIpc) is 2.95. The van der Waals surface area contributed by atoms with E-state index in [1.807, 2.05) is 19.9 Å². The van der Waals surface area contributed by atoms with Crippen molar-refractivity contribution in [3.8, 4) is 0 Å². The van der Waals surface area contributed by atoms with Crippen LogP contribution in [0, 0.1) is 19.8 Å². The van der Waals surface area contributed by atoms with Crippen molar-refractivity contribution in [3.05, 3.63) is 41.0 Å². The van der Waals surface area contributed by atoms with Gasteiger partial charge in [-0.1, -0.05) is 0 Å². The van der Waals surface area contributed by atoms with Crippen LogP contribution in [0.1, 0.15) is 51.9 Å². The number of aromatic amines is 1. The normalized spacial score (nSPS) is 17.2. The number of rotatable bonds is 5. The van der Waals surface area contributed by atoms with Gasteiger partial charge >= 0.3 is 0 Å². The summed E-state index contributed by atoms with van der Waals surface area (Å²) in [6, 6.07) is 1.81. The van der Waals surface area contributed by atoms with Gasteiger partial charge in [-0.15, -0.1) is 0 Å². The molecule has 1 aliphatic heterocycles. The molecular formula is C19H25N5O2. The Morgan fingerprint density at radius 3 is 2.69 bits per heavy atom. The molecular weight excluding hydrogens is 330 g/mol. The maximum atomic E-state index is 12.6. The number of piperidine rings is 1. The van der Waals surface area contributed by atoms with Gasteiger partial charge in [0.25, 0.3) is 5.91 Å². The quantitative estimate of drug-likeness (QED) is 0.803. The molecule has 1 atom stereocenters. The number of ketones is 1. The van der Waals surface area contributed by atoms with Gasteiger partial charge in [0, 0.05) is 44.6 Å². The van der Waals surface area contributed by atoms with Crippen molar-refractivity contribution in [2.45, 2.75) is 33.6 Å². The number of anilines is 1. The van der Waals surface area contributed by atoms with Gasteiger partial charge in [-0.3, -0.25) is 9.59 Å². The molecule has 1 saturated heterocycles. The van der Waals surface area contributed by atoms with Crippen LogP contribution in [0.4, 0.5) is 5.95 Å². The Balaban J connectivity index is 1.62. The number of Topliss-reactive ketones (excluding diaryl/α,β-unsaturated/α-hetero) is 1. The van der Waals surface area contributed by atoms with Crippen molar-refractivity contribution >= 4 is 17.6 Å². The zero-order valence-electron chi connectivity index (χ0n) is 15.5. The van der Waals surface area contributed by atoms with E-state index in [-0.39, 0.29) is 11.7 Å². The highest BCUT2D eigenvalue weighted by Gasteiger charge is 2.24. The molecule has 0 spiro atoms. The standard InChI is InChI=1S/C19H25N5O2/c1-12-16(13(2)23-17(12)14(3)25)18(26)22-10-15-6-4-9-24(11-15)19-20-7-5-8-21-19/h5,7-8,15,23H,4,6,9-11H2,1-3H3,(H,22,26). The lowest BCUT2D eigenvalue weighted by molar-refractivity contribution is 0.0944. The lowest BCUT2D eigenvalue weighted by atomic mass is 9.98. The first-order valence-corrected chi connectivity index (χ1v) is 8.97. The van der Waals surface area contributed by atoms with Crippen molar-refractivity contribution < 1.29 is 9.59 Å². The maximum Gasteiger partial charge on any atom is 0.253 e. The zero-order chi connectivity index (χ0) is 18.7.